The Morgan fingerprint density at radius 3 is 1.48 bits per heavy atom. The molecule has 0 aromatic carbocycles. The van der Waals surface area contributed by atoms with Crippen LogP contribution in [0.15, 0.2) is 36.4 Å². The molecule has 1 saturated heterocycles. The van der Waals surface area contributed by atoms with Gasteiger partial charge in [0.05, 0.1) is 0 Å². The molecule has 3 aromatic rings. The number of hydrogen-bond acceptors (Lipinski definition) is 1. The average molecular weight is 328 g/mol. The summed E-state index contributed by atoms with van der Waals surface area (Å²) in [6.07, 6.45) is 7.26. The first-order chi connectivity index (χ1) is 12.4. The van der Waals surface area contributed by atoms with Crippen LogP contribution in [0.5, 0.6) is 0 Å². The van der Waals surface area contributed by atoms with Crippen molar-refractivity contribution in [2.75, 3.05) is 0 Å². The summed E-state index contributed by atoms with van der Waals surface area (Å²) < 4.78 is 8.14. The molecule has 0 bridgehead atoms. The summed E-state index contributed by atoms with van der Waals surface area (Å²) in [4.78, 5) is 2.91. The molecule has 8 heterocycles. The zero-order chi connectivity index (χ0) is 15.9. The van der Waals surface area contributed by atoms with Gasteiger partial charge in [-0.15, -0.1) is 0 Å². The van der Waals surface area contributed by atoms with Gasteiger partial charge in [-0.3, -0.25) is 13.7 Å². The monoisotopic (exact) mass is 328 g/mol. The largest absolute Gasteiger partial charge is 0.294 e. The van der Waals surface area contributed by atoms with Gasteiger partial charge in [0, 0.05) is 71.9 Å². The van der Waals surface area contributed by atoms with Gasteiger partial charge in [0.25, 0.3) is 5.91 Å². The Bertz CT molecular complexity index is 1010. The van der Waals surface area contributed by atoms with Crippen molar-refractivity contribution in [3.8, 4) is 0 Å². The van der Waals surface area contributed by atoms with Crippen LogP contribution in [-0.2, 0) is 31.6 Å². The summed E-state index contributed by atoms with van der Waals surface area (Å²) >= 11 is 0. The van der Waals surface area contributed by atoms with E-state index in [1.54, 1.807) is 0 Å². The Morgan fingerprint density at radius 2 is 1.00 bits per heavy atom. The van der Waals surface area contributed by atoms with Gasteiger partial charge in [-0.1, -0.05) is 0 Å². The molecule has 0 N–H and O–H groups in total. The molecular formula is C21H20N4. The molecule has 5 aliphatic rings. The van der Waals surface area contributed by atoms with E-state index in [0.717, 1.165) is 12.8 Å². The van der Waals surface area contributed by atoms with E-state index in [2.05, 4.69) is 55.0 Å². The van der Waals surface area contributed by atoms with Gasteiger partial charge < -0.3 is 0 Å². The van der Waals surface area contributed by atoms with Crippen molar-refractivity contribution in [1.82, 2.24) is 18.6 Å². The van der Waals surface area contributed by atoms with Crippen LogP contribution in [0.4, 0.5) is 0 Å². The van der Waals surface area contributed by atoms with Gasteiger partial charge in [-0.2, -0.15) is 0 Å². The van der Waals surface area contributed by atoms with Crippen LogP contribution in [0.3, 0.4) is 0 Å². The molecule has 4 heteroatoms. The van der Waals surface area contributed by atoms with Crippen molar-refractivity contribution in [3.05, 3.63) is 70.6 Å². The number of aromatic nitrogens is 3. The fraction of sp³-hybridized carbons (Fsp3) is 0.429. The molecule has 25 heavy (non-hydrogen) atoms. The first kappa shape index (κ1) is 12.2. The minimum atomic E-state index is -0.171. The van der Waals surface area contributed by atoms with E-state index in [1.807, 2.05) is 0 Å². The maximum Gasteiger partial charge on any atom is 0.268 e. The van der Waals surface area contributed by atoms with Gasteiger partial charge in [-0.25, -0.2) is 4.90 Å². The summed E-state index contributed by atoms with van der Waals surface area (Å²) in [6.45, 7) is 0. The van der Waals surface area contributed by atoms with Crippen LogP contribution >= 0.6 is 0 Å². The van der Waals surface area contributed by atoms with Crippen LogP contribution in [0.1, 0.15) is 47.0 Å². The number of rotatable bonds is 0. The molecule has 2 unspecified atom stereocenters. The smallest absolute Gasteiger partial charge is 0.268 e. The zero-order valence-electron chi connectivity index (χ0n) is 14.2. The van der Waals surface area contributed by atoms with Crippen molar-refractivity contribution in [1.29, 1.82) is 0 Å². The standard InChI is InChI=1S/C21H20N4/c1-2-14-10-16-5-6-18-12-20-8-7-19-11-17-4-3-15-9-13(1)22(14)21(23(15)17,24(16)18)25(19)20/h1-6,19-20H,7-12H2. The number of hydrogen-bond donors (Lipinski definition) is 0. The highest BCUT2D eigenvalue weighted by atomic mass is 15.7. The second kappa shape index (κ2) is 3.51. The minimum Gasteiger partial charge on any atom is -0.294 e. The summed E-state index contributed by atoms with van der Waals surface area (Å²) in [6, 6.07) is 15.7. The number of nitrogens with zero attached hydrogens (tertiary/aromatic N) is 4. The first-order valence-corrected chi connectivity index (χ1v) is 9.74. The molecule has 124 valence electrons. The summed E-state index contributed by atoms with van der Waals surface area (Å²) in [5.41, 5.74) is 9.04. The van der Waals surface area contributed by atoms with Crippen LogP contribution in [0.2, 0.25) is 0 Å². The van der Waals surface area contributed by atoms with Crippen molar-refractivity contribution in [2.24, 2.45) is 0 Å². The van der Waals surface area contributed by atoms with E-state index in [1.165, 1.54) is 59.8 Å². The molecule has 0 aliphatic carbocycles. The lowest BCUT2D eigenvalue weighted by atomic mass is 9.99. The highest BCUT2D eigenvalue weighted by Gasteiger charge is 2.61. The second-order valence-corrected chi connectivity index (χ2v) is 8.61. The lowest BCUT2D eigenvalue weighted by Crippen LogP contribution is -2.72. The summed E-state index contributed by atoms with van der Waals surface area (Å²) in [5, 5.41) is 0. The fourth-order valence-corrected chi connectivity index (χ4v) is 6.96. The minimum absolute atomic E-state index is 0.171. The van der Waals surface area contributed by atoms with Crippen LogP contribution in [0.25, 0.3) is 0 Å². The highest BCUT2D eigenvalue weighted by molar-refractivity contribution is 5.42. The molecule has 3 aromatic heterocycles. The van der Waals surface area contributed by atoms with Gasteiger partial charge in [-0.05, 0) is 49.2 Å². The van der Waals surface area contributed by atoms with Crippen molar-refractivity contribution < 1.29 is 0 Å². The van der Waals surface area contributed by atoms with E-state index < -0.39 is 0 Å². The summed E-state index contributed by atoms with van der Waals surface area (Å²) in [7, 11) is 0. The predicted molar refractivity (Wildman–Crippen MR) is 93.7 cm³/mol. The molecule has 4 nitrogen and oxygen atoms in total. The highest BCUT2D eigenvalue weighted by Crippen LogP contribution is 2.53. The van der Waals surface area contributed by atoms with E-state index in [4.69, 9.17) is 0 Å². The maximum atomic E-state index is 2.91. The fourth-order valence-electron chi connectivity index (χ4n) is 6.96. The van der Waals surface area contributed by atoms with E-state index >= 15 is 0 Å². The van der Waals surface area contributed by atoms with Crippen LogP contribution in [-0.4, -0.2) is 30.7 Å². The summed E-state index contributed by atoms with van der Waals surface area (Å²) in [5.74, 6) is -0.171. The maximum absolute atomic E-state index is 2.91. The van der Waals surface area contributed by atoms with Gasteiger partial charge in [0.1, 0.15) is 0 Å². The van der Waals surface area contributed by atoms with Crippen molar-refractivity contribution in [2.45, 2.75) is 56.5 Å². The van der Waals surface area contributed by atoms with Gasteiger partial charge in [0.2, 0.25) is 0 Å². The molecule has 0 radical (unpaired) electrons. The Morgan fingerprint density at radius 1 is 0.600 bits per heavy atom. The van der Waals surface area contributed by atoms with Crippen LogP contribution in [0, 0.1) is 0 Å². The molecule has 1 fully saturated rings. The predicted octanol–water partition coefficient (Wildman–Crippen LogP) is 2.51. The normalized spacial score (nSPS) is 32.6. The molecule has 5 aliphatic heterocycles. The van der Waals surface area contributed by atoms with Gasteiger partial charge in [0.15, 0.2) is 0 Å². The Labute approximate surface area is 146 Å². The van der Waals surface area contributed by atoms with E-state index in [-0.39, 0.29) is 5.91 Å². The SMILES string of the molecule is c1cc2n3c1Cc1ccc4n1C31N3C(CCC3Cc3ccc(n31)C2)C4. The topological polar surface area (TPSA) is 18.0 Å². The third-order valence-electron chi connectivity index (χ3n) is 7.61. The average Bonchev–Trinajstić information content (AvgIpc) is 3.38. The molecule has 0 amide bonds. The third kappa shape index (κ3) is 1.06. The van der Waals surface area contributed by atoms with E-state index in [9.17, 15) is 0 Å². The van der Waals surface area contributed by atoms with Gasteiger partial charge >= 0.3 is 0 Å². The zero-order valence-corrected chi connectivity index (χ0v) is 14.2. The molecule has 1 spiro atoms. The lowest BCUT2D eigenvalue weighted by Gasteiger charge is -2.60. The van der Waals surface area contributed by atoms with E-state index in [0.29, 0.717) is 12.1 Å². The third-order valence-corrected chi connectivity index (χ3v) is 7.61. The second-order valence-electron chi connectivity index (χ2n) is 8.61. The molecule has 8 rings (SSSR count). The first-order valence-electron chi connectivity index (χ1n) is 9.74. The Balaban J connectivity index is 1.64. The molecule has 0 saturated carbocycles. The Kier molecular flexibility index (Phi) is 1.72. The Hall–Kier alpha value is -2.20. The quantitative estimate of drug-likeness (QED) is 0.620. The van der Waals surface area contributed by atoms with Crippen LogP contribution < -0.4 is 0 Å². The lowest BCUT2D eigenvalue weighted by molar-refractivity contribution is -0.120. The molecular weight excluding hydrogens is 308 g/mol. The molecule has 2 atom stereocenters. The van der Waals surface area contributed by atoms with Crippen molar-refractivity contribution >= 4 is 0 Å². The van der Waals surface area contributed by atoms with Crippen molar-refractivity contribution in [3.63, 3.8) is 0 Å².